The van der Waals surface area contributed by atoms with Crippen LogP contribution in [0.1, 0.15) is 39.5 Å². The van der Waals surface area contributed by atoms with Gasteiger partial charge in [0.15, 0.2) is 0 Å². The smallest absolute Gasteiger partial charge is 0.0695 e. The van der Waals surface area contributed by atoms with Gasteiger partial charge in [0.25, 0.3) is 0 Å². The SMILES string of the molecule is CCCCC(C)C(O)CC#N. The molecule has 0 radical (unpaired) electrons. The van der Waals surface area contributed by atoms with Crippen molar-refractivity contribution in [3.8, 4) is 6.07 Å². The van der Waals surface area contributed by atoms with Gasteiger partial charge >= 0.3 is 0 Å². The second kappa shape index (κ2) is 6.18. The zero-order chi connectivity index (χ0) is 8.69. The molecule has 2 heteroatoms. The van der Waals surface area contributed by atoms with Crippen molar-refractivity contribution in [1.29, 1.82) is 5.26 Å². The minimum Gasteiger partial charge on any atom is -0.392 e. The zero-order valence-corrected chi connectivity index (χ0v) is 7.38. The van der Waals surface area contributed by atoms with E-state index < -0.39 is 6.10 Å². The van der Waals surface area contributed by atoms with E-state index >= 15 is 0 Å². The fourth-order valence-electron chi connectivity index (χ4n) is 1.01. The molecule has 1 N–H and O–H groups in total. The third-order valence-corrected chi connectivity index (χ3v) is 1.97. The Balaban J connectivity index is 3.48. The molecule has 0 heterocycles. The summed E-state index contributed by atoms with van der Waals surface area (Å²) in [5.41, 5.74) is 0. The average Bonchev–Trinajstić information content (AvgIpc) is 2.00. The summed E-state index contributed by atoms with van der Waals surface area (Å²) in [4.78, 5) is 0. The van der Waals surface area contributed by atoms with Crippen molar-refractivity contribution in [1.82, 2.24) is 0 Å². The van der Waals surface area contributed by atoms with E-state index in [1.807, 2.05) is 13.0 Å². The number of nitrogens with zero attached hydrogens (tertiary/aromatic N) is 1. The topological polar surface area (TPSA) is 44.0 Å². The maximum atomic E-state index is 9.32. The Hall–Kier alpha value is -0.550. The van der Waals surface area contributed by atoms with Crippen molar-refractivity contribution in [3.05, 3.63) is 0 Å². The molecule has 0 aromatic rings. The Morgan fingerprint density at radius 2 is 2.18 bits per heavy atom. The third-order valence-electron chi connectivity index (χ3n) is 1.97. The molecule has 0 aliphatic rings. The number of nitriles is 1. The Bertz CT molecular complexity index is 128. The van der Waals surface area contributed by atoms with Crippen LogP contribution in [0.4, 0.5) is 0 Å². The second-order valence-corrected chi connectivity index (χ2v) is 3.05. The van der Waals surface area contributed by atoms with Crippen LogP contribution >= 0.6 is 0 Å². The molecule has 2 nitrogen and oxygen atoms in total. The van der Waals surface area contributed by atoms with Gasteiger partial charge in [-0.25, -0.2) is 0 Å². The lowest BCUT2D eigenvalue weighted by atomic mass is 9.96. The summed E-state index contributed by atoms with van der Waals surface area (Å²) < 4.78 is 0. The van der Waals surface area contributed by atoms with E-state index in [1.54, 1.807) is 0 Å². The molecule has 2 unspecified atom stereocenters. The summed E-state index contributed by atoms with van der Waals surface area (Å²) in [6.07, 6.45) is 3.17. The zero-order valence-electron chi connectivity index (χ0n) is 7.38. The van der Waals surface area contributed by atoms with Crippen LogP contribution in [-0.4, -0.2) is 11.2 Å². The Morgan fingerprint density at radius 3 is 2.64 bits per heavy atom. The number of rotatable bonds is 5. The fraction of sp³-hybridized carbons (Fsp3) is 0.889. The highest BCUT2D eigenvalue weighted by molar-refractivity contribution is 4.78. The van der Waals surface area contributed by atoms with E-state index in [4.69, 9.17) is 5.26 Å². The minimum atomic E-state index is -0.424. The molecular weight excluding hydrogens is 138 g/mol. The molecule has 0 aliphatic carbocycles. The van der Waals surface area contributed by atoms with Crippen LogP contribution in [-0.2, 0) is 0 Å². The summed E-state index contributed by atoms with van der Waals surface area (Å²) in [7, 11) is 0. The van der Waals surface area contributed by atoms with E-state index in [-0.39, 0.29) is 12.3 Å². The normalized spacial score (nSPS) is 15.5. The van der Waals surface area contributed by atoms with Crippen molar-refractivity contribution in [2.24, 2.45) is 5.92 Å². The maximum Gasteiger partial charge on any atom is 0.0695 e. The van der Waals surface area contributed by atoms with Gasteiger partial charge in [-0.15, -0.1) is 0 Å². The second-order valence-electron chi connectivity index (χ2n) is 3.05. The van der Waals surface area contributed by atoms with Crippen LogP contribution in [0.25, 0.3) is 0 Å². The monoisotopic (exact) mass is 155 g/mol. The first kappa shape index (κ1) is 10.4. The van der Waals surface area contributed by atoms with Gasteiger partial charge in [0.2, 0.25) is 0 Å². The minimum absolute atomic E-state index is 0.269. The van der Waals surface area contributed by atoms with Crippen molar-refractivity contribution in [2.45, 2.75) is 45.6 Å². The van der Waals surface area contributed by atoms with Gasteiger partial charge < -0.3 is 5.11 Å². The number of aliphatic hydroxyl groups excluding tert-OH is 1. The Morgan fingerprint density at radius 1 is 1.55 bits per heavy atom. The molecule has 11 heavy (non-hydrogen) atoms. The molecule has 64 valence electrons. The standard InChI is InChI=1S/C9H17NO/c1-3-4-5-8(2)9(11)6-7-10/h8-9,11H,3-6H2,1-2H3. The summed E-state index contributed by atoms with van der Waals surface area (Å²) in [5.74, 6) is 0.273. The lowest BCUT2D eigenvalue weighted by Crippen LogP contribution is -2.16. The first-order chi connectivity index (χ1) is 5.22. The highest BCUT2D eigenvalue weighted by Gasteiger charge is 2.12. The van der Waals surface area contributed by atoms with Crippen LogP contribution < -0.4 is 0 Å². The van der Waals surface area contributed by atoms with E-state index in [0.717, 1.165) is 19.3 Å². The molecule has 0 fully saturated rings. The Labute approximate surface area is 68.8 Å². The summed E-state index contributed by atoms with van der Waals surface area (Å²) >= 11 is 0. The number of aliphatic hydroxyl groups is 1. The molecular formula is C9H17NO. The van der Waals surface area contributed by atoms with Crippen LogP contribution in [0.5, 0.6) is 0 Å². The lowest BCUT2D eigenvalue weighted by molar-refractivity contribution is 0.115. The predicted octanol–water partition coefficient (Wildman–Crippen LogP) is 2.09. The highest BCUT2D eigenvalue weighted by atomic mass is 16.3. The van der Waals surface area contributed by atoms with Gasteiger partial charge in [0.05, 0.1) is 18.6 Å². The van der Waals surface area contributed by atoms with E-state index in [1.165, 1.54) is 0 Å². The Kier molecular flexibility index (Phi) is 5.87. The molecule has 0 aromatic carbocycles. The highest BCUT2D eigenvalue weighted by Crippen LogP contribution is 2.13. The average molecular weight is 155 g/mol. The van der Waals surface area contributed by atoms with Gasteiger partial charge in [-0.05, 0) is 12.3 Å². The number of hydrogen-bond donors (Lipinski definition) is 1. The molecule has 2 atom stereocenters. The third kappa shape index (κ3) is 4.80. The molecule has 0 amide bonds. The summed E-state index contributed by atoms with van der Waals surface area (Å²) in [6.45, 7) is 4.13. The molecule has 0 saturated heterocycles. The quantitative estimate of drug-likeness (QED) is 0.660. The van der Waals surface area contributed by atoms with E-state index in [2.05, 4.69) is 6.92 Å². The largest absolute Gasteiger partial charge is 0.392 e. The van der Waals surface area contributed by atoms with Crippen molar-refractivity contribution >= 4 is 0 Å². The van der Waals surface area contributed by atoms with Gasteiger partial charge in [0, 0.05) is 0 Å². The first-order valence-corrected chi connectivity index (χ1v) is 4.27. The fourth-order valence-corrected chi connectivity index (χ4v) is 1.01. The lowest BCUT2D eigenvalue weighted by Gasteiger charge is -2.14. The summed E-state index contributed by atoms with van der Waals surface area (Å²) in [6, 6.07) is 1.97. The predicted molar refractivity (Wildman–Crippen MR) is 44.9 cm³/mol. The van der Waals surface area contributed by atoms with Gasteiger partial charge in [-0.3, -0.25) is 0 Å². The number of unbranched alkanes of at least 4 members (excludes halogenated alkanes) is 1. The van der Waals surface area contributed by atoms with Gasteiger partial charge in [0.1, 0.15) is 0 Å². The molecule has 0 rings (SSSR count). The molecule has 0 aliphatic heterocycles. The van der Waals surface area contributed by atoms with Crippen LogP contribution in [0.15, 0.2) is 0 Å². The summed E-state index contributed by atoms with van der Waals surface area (Å²) in [5, 5.41) is 17.6. The first-order valence-electron chi connectivity index (χ1n) is 4.27. The van der Waals surface area contributed by atoms with Gasteiger partial charge in [-0.2, -0.15) is 5.26 Å². The molecule has 0 spiro atoms. The van der Waals surface area contributed by atoms with Crippen molar-refractivity contribution in [2.75, 3.05) is 0 Å². The van der Waals surface area contributed by atoms with Crippen molar-refractivity contribution in [3.63, 3.8) is 0 Å². The van der Waals surface area contributed by atoms with E-state index in [0.29, 0.717) is 0 Å². The number of hydrogen-bond acceptors (Lipinski definition) is 2. The van der Waals surface area contributed by atoms with Crippen LogP contribution in [0.3, 0.4) is 0 Å². The van der Waals surface area contributed by atoms with E-state index in [9.17, 15) is 5.11 Å². The molecule has 0 aromatic heterocycles. The van der Waals surface area contributed by atoms with Crippen LogP contribution in [0.2, 0.25) is 0 Å². The van der Waals surface area contributed by atoms with Crippen LogP contribution in [0, 0.1) is 17.2 Å². The van der Waals surface area contributed by atoms with Crippen molar-refractivity contribution < 1.29 is 5.11 Å². The molecule has 0 bridgehead atoms. The molecule has 0 saturated carbocycles. The maximum absolute atomic E-state index is 9.32. The van der Waals surface area contributed by atoms with Gasteiger partial charge in [-0.1, -0.05) is 26.7 Å².